The fourth-order valence-corrected chi connectivity index (χ4v) is 2.99. The van der Waals surface area contributed by atoms with Crippen molar-refractivity contribution in [1.82, 2.24) is 14.8 Å². The van der Waals surface area contributed by atoms with Crippen LogP contribution in [0.4, 0.5) is 11.9 Å². The van der Waals surface area contributed by atoms with Gasteiger partial charge in [-0.2, -0.15) is 4.98 Å². The molecule has 0 aliphatic carbocycles. The van der Waals surface area contributed by atoms with Gasteiger partial charge < -0.3 is 5.32 Å². The molecular weight excluding hydrogens is 326 g/mol. The fourth-order valence-electron chi connectivity index (χ4n) is 2.99. The van der Waals surface area contributed by atoms with Gasteiger partial charge in [0, 0.05) is 12.6 Å². The Labute approximate surface area is 151 Å². The number of fused-ring (bicyclic) bond motifs is 1. The van der Waals surface area contributed by atoms with Gasteiger partial charge in [0.2, 0.25) is 11.9 Å². The molecule has 1 amide bonds. The summed E-state index contributed by atoms with van der Waals surface area (Å²) >= 11 is 0. The minimum atomic E-state index is -0.198. The Balaban J connectivity index is 1.80. The number of rotatable bonds is 3. The lowest BCUT2D eigenvalue weighted by molar-refractivity contribution is -0.114. The molecule has 26 heavy (non-hydrogen) atoms. The Bertz CT molecular complexity index is 973. The predicted octanol–water partition coefficient (Wildman–Crippen LogP) is 3.60. The zero-order chi connectivity index (χ0) is 18.1. The summed E-state index contributed by atoms with van der Waals surface area (Å²) in [5.74, 6) is 0.691. The van der Waals surface area contributed by atoms with Crippen molar-refractivity contribution < 1.29 is 4.79 Å². The summed E-state index contributed by atoms with van der Waals surface area (Å²) in [6.45, 7) is 3.51. The maximum atomic E-state index is 11.4. The number of hydrogen-bond acceptors (Lipinski definition) is 4. The summed E-state index contributed by atoms with van der Waals surface area (Å²) in [4.78, 5) is 15.8. The Hall–Kier alpha value is -3.41. The highest BCUT2D eigenvalue weighted by atomic mass is 16.1. The summed E-state index contributed by atoms with van der Waals surface area (Å²) in [6, 6.07) is 18.3. The summed E-state index contributed by atoms with van der Waals surface area (Å²) in [5, 5.41) is 10.4. The first-order valence-electron chi connectivity index (χ1n) is 8.45. The molecule has 0 fully saturated rings. The number of nitrogens with one attached hydrogen (secondary N) is 2. The number of aryl methyl sites for hydroxylation is 1. The number of anilines is 2. The molecule has 1 unspecified atom stereocenters. The first-order valence-corrected chi connectivity index (χ1v) is 8.45. The van der Waals surface area contributed by atoms with Crippen molar-refractivity contribution in [2.75, 3.05) is 10.6 Å². The van der Waals surface area contributed by atoms with Crippen molar-refractivity contribution >= 4 is 23.5 Å². The van der Waals surface area contributed by atoms with E-state index < -0.39 is 0 Å². The molecule has 0 spiro atoms. The number of carbonyl (C=O) groups excluding carboxylic acids is 1. The maximum Gasteiger partial charge on any atom is 0.250 e. The van der Waals surface area contributed by atoms with E-state index in [0.29, 0.717) is 11.9 Å². The molecule has 2 aromatic carbocycles. The van der Waals surface area contributed by atoms with Gasteiger partial charge >= 0.3 is 0 Å². The molecule has 2 N–H and O–H groups in total. The Morgan fingerprint density at radius 2 is 1.85 bits per heavy atom. The van der Waals surface area contributed by atoms with Gasteiger partial charge in [0.1, 0.15) is 6.04 Å². The zero-order valence-electron chi connectivity index (χ0n) is 14.6. The predicted molar refractivity (Wildman–Crippen MR) is 102 cm³/mol. The molecule has 2 heterocycles. The monoisotopic (exact) mass is 345 g/mol. The van der Waals surface area contributed by atoms with Crippen molar-refractivity contribution in [3.05, 3.63) is 77.4 Å². The highest BCUT2D eigenvalue weighted by Gasteiger charge is 2.25. The van der Waals surface area contributed by atoms with Gasteiger partial charge in [-0.25, -0.2) is 4.68 Å². The van der Waals surface area contributed by atoms with Crippen LogP contribution in [0, 0.1) is 6.92 Å². The van der Waals surface area contributed by atoms with Crippen molar-refractivity contribution in [3.8, 4) is 0 Å². The standard InChI is InChI=1S/C20H19N5O/c1-13-8-10-16(11-9-13)18-12-17(15-6-4-3-5-7-15)22-20-23-19(21-14(2)26)24-25(18)20/h3-12,18H,1-2H3,(H2,21,22,23,24,26). The molecule has 0 bridgehead atoms. The summed E-state index contributed by atoms with van der Waals surface area (Å²) in [5.41, 5.74) is 4.34. The van der Waals surface area contributed by atoms with Crippen LogP contribution in [-0.2, 0) is 4.79 Å². The van der Waals surface area contributed by atoms with Crippen LogP contribution < -0.4 is 10.6 Å². The number of amides is 1. The van der Waals surface area contributed by atoms with Crippen LogP contribution in [0.2, 0.25) is 0 Å². The SMILES string of the molecule is CC(=O)Nc1nc2n(n1)C(c1ccc(C)cc1)C=C(c1ccccc1)N2. The van der Waals surface area contributed by atoms with Gasteiger partial charge in [-0.05, 0) is 24.1 Å². The second-order valence-electron chi connectivity index (χ2n) is 6.31. The lowest BCUT2D eigenvalue weighted by Gasteiger charge is -2.24. The van der Waals surface area contributed by atoms with E-state index in [1.54, 1.807) is 4.68 Å². The van der Waals surface area contributed by atoms with Crippen LogP contribution in [0.25, 0.3) is 5.70 Å². The molecule has 1 aliphatic heterocycles. The van der Waals surface area contributed by atoms with E-state index in [4.69, 9.17) is 0 Å². The second-order valence-corrected chi connectivity index (χ2v) is 6.31. The van der Waals surface area contributed by atoms with Gasteiger partial charge in [-0.15, -0.1) is 5.10 Å². The average Bonchev–Trinajstić information content (AvgIpc) is 3.04. The molecule has 1 atom stereocenters. The van der Waals surface area contributed by atoms with Crippen molar-refractivity contribution in [2.24, 2.45) is 0 Å². The van der Waals surface area contributed by atoms with Crippen LogP contribution in [0.3, 0.4) is 0 Å². The van der Waals surface area contributed by atoms with Crippen LogP contribution >= 0.6 is 0 Å². The van der Waals surface area contributed by atoms with E-state index in [1.165, 1.54) is 12.5 Å². The third-order valence-electron chi connectivity index (χ3n) is 4.26. The highest BCUT2D eigenvalue weighted by molar-refractivity contribution is 5.87. The topological polar surface area (TPSA) is 71.8 Å². The van der Waals surface area contributed by atoms with Crippen LogP contribution in [0.15, 0.2) is 60.7 Å². The minimum absolute atomic E-state index is 0.114. The molecule has 6 heteroatoms. The minimum Gasteiger partial charge on any atom is -0.324 e. The zero-order valence-corrected chi connectivity index (χ0v) is 14.6. The average molecular weight is 345 g/mol. The van der Waals surface area contributed by atoms with E-state index in [-0.39, 0.29) is 11.9 Å². The molecule has 0 saturated carbocycles. The molecule has 1 aromatic heterocycles. The summed E-state index contributed by atoms with van der Waals surface area (Å²) < 4.78 is 1.79. The third-order valence-corrected chi connectivity index (χ3v) is 4.26. The van der Waals surface area contributed by atoms with Gasteiger partial charge in [-0.1, -0.05) is 60.2 Å². The number of allylic oxidation sites excluding steroid dienone is 1. The van der Waals surface area contributed by atoms with Crippen LogP contribution in [0.5, 0.6) is 0 Å². The molecule has 0 saturated heterocycles. The second kappa shape index (κ2) is 6.48. The van der Waals surface area contributed by atoms with E-state index in [9.17, 15) is 4.79 Å². The van der Waals surface area contributed by atoms with Crippen molar-refractivity contribution in [1.29, 1.82) is 0 Å². The normalized spacial score (nSPS) is 15.6. The lowest BCUT2D eigenvalue weighted by Crippen LogP contribution is -2.20. The molecule has 6 nitrogen and oxygen atoms in total. The van der Waals surface area contributed by atoms with Gasteiger partial charge in [0.05, 0.1) is 0 Å². The van der Waals surface area contributed by atoms with E-state index in [0.717, 1.165) is 16.8 Å². The summed E-state index contributed by atoms with van der Waals surface area (Å²) in [6.07, 6.45) is 2.12. The molecule has 3 aromatic rings. The van der Waals surface area contributed by atoms with Gasteiger partial charge in [-0.3, -0.25) is 10.1 Å². The number of nitrogens with zero attached hydrogens (tertiary/aromatic N) is 3. The molecule has 0 radical (unpaired) electrons. The Kier molecular flexibility index (Phi) is 4.01. The molecule has 130 valence electrons. The Morgan fingerprint density at radius 3 is 2.54 bits per heavy atom. The molecule has 1 aliphatic rings. The third kappa shape index (κ3) is 3.09. The van der Waals surface area contributed by atoms with E-state index in [1.807, 2.05) is 30.3 Å². The first kappa shape index (κ1) is 16.1. The number of hydrogen-bond donors (Lipinski definition) is 2. The first-order chi connectivity index (χ1) is 12.6. The van der Waals surface area contributed by atoms with E-state index in [2.05, 4.69) is 58.0 Å². The largest absolute Gasteiger partial charge is 0.324 e. The van der Waals surface area contributed by atoms with Crippen molar-refractivity contribution in [2.45, 2.75) is 19.9 Å². The van der Waals surface area contributed by atoms with Gasteiger partial charge in [0.15, 0.2) is 0 Å². The Morgan fingerprint density at radius 1 is 1.12 bits per heavy atom. The van der Waals surface area contributed by atoms with Gasteiger partial charge in [0.25, 0.3) is 5.95 Å². The number of aromatic nitrogens is 3. The smallest absolute Gasteiger partial charge is 0.250 e. The van der Waals surface area contributed by atoms with Crippen LogP contribution in [0.1, 0.15) is 29.7 Å². The van der Waals surface area contributed by atoms with E-state index >= 15 is 0 Å². The highest BCUT2D eigenvalue weighted by Crippen LogP contribution is 2.33. The quantitative estimate of drug-likeness (QED) is 0.761. The maximum absolute atomic E-state index is 11.4. The summed E-state index contributed by atoms with van der Waals surface area (Å²) in [7, 11) is 0. The molecular formula is C20H19N5O. The number of benzene rings is 2. The fraction of sp³-hybridized carbons (Fsp3) is 0.150. The van der Waals surface area contributed by atoms with Crippen molar-refractivity contribution in [3.63, 3.8) is 0 Å². The molecule has 4 rings (SSSR count). The van der Waals surface area contributed by atoms with Crippen LogP contribution in [-0.4, -0.2) is 20.7 Å². The number of carbonyl (C=O) groups is 1. The lowest BCUT2D eigenvalue weighted by atomic mass is 10.0.